The summed E-state index contributed by atoms with van der Waals surface area (Å²) in [5.41, 5.74) is 1.16. The molecule has 1 aromatic rings. The summed E-state index contributed by atoms with van der Waals surface area (Å²) < 4.78 is 2.21. The minimum atomic E-state index is -0.169. The zero-order chi connectivity index (χ0) is 12.3. The highest BCUT2D eigenvalue weighted by Crippen LogP contribution is 2.35. The molecule has 0 bridgehead atoms. The number of hydrogen-bond donors (Lipinski definition) is 2. The Balaban J connectivity index is 1.84. The van der Waals surface area contributed by atoms with Crippen LogP contribution in [0.5, 0.6) is 0 Å². The summed E-state index contributed by atoms with van der Waals surface area (Å²) >= 11 is 0. The summed E-state index contributed by atoms with van der Waals surface area (Å²) in [6, 6.07) is 0.464. The van der Waals surface area contributed by atoms with Crippen LogP contribution in [0.1, 0.15) is 38.4 Å². The van der Waals surface area contributed by atoms with E-state index in [1.165, 1.54) is 12.8 Å². The minimum Gasteiger partial charge on any atom is -0.355 e. The van der Waals surface area contributed by atoms with E-state index in [-0.39, 0.29) is 11.9 Å². The van der Waals surface area contributed by atoms with Gasteiger partial charge in [-0.25, -0.2) is 4.98 Å². The molecule has 1 atom stereocenters. The third-order valence-corrected chi connectivity index (χ3v) is 3.02. The maximum Gasteiger partial charge on any atom is 0.236 e. The third-order valence-electron chi connectivity index (χ3n) is 3.02. The molecule has 5 nitrogen and oxygen atoms in total. The molecule has 0 spiro atoms. The molecule has 5 heteroatoms. The van der Waals surface area contributed by atoms with Crippen LogP contribution in [0.2, 0.25) is 0 Å². The Morgan fingerprint density at radius 1 is 1.65 bits per heavy atom. The van der Waals surface area contributed by atoms with E-state index in [1.54, 1.807) is 0 Å². The molecule has 1 unspecified atom stereocenters. The van der Waals surface area contributed by atoms with Crippen molar-refractivity contribution in [2.24, 2.45) is 0 Å². The number of likely N-dealkylation sites (N-methyl/N-ethyl adjacent to an activating group) is 1. The van der Waals surface area contributed by atoms with Crippen LogP contribution in [-0.2, 0) is 11.3 Å². The summed E-state index contributed by atoms with van der Waals surface area (Å²) in [6.45, 7) is 5.16. The van der Waals surface area contributed by atoms with Gasteiger partial charge in [0.15, 0.2) is 0 Å². The molecular formula is C12H20N4O. The predicted octanol–water partition coefficient (Wildman–Crippen LogP) is 0.832. The van der Waals surface area contributed by atoms with E-state index in [0.29, 0.717) is 19.1 Å². The predicted molar refractivity (Wildman–Crippen MR) is 65.5 cm³/mol. The molecule has 1 aromatic heterocycles. The van der Waals surface area contributed by atoms with Gasteiger partial charge < -0.3 is 15.2 Å². The molecule has 1 aliphatic carbocycles. The van der Waals surface area contributed by atoms with E-state index in [4.69, 9.17) is 0 Å². The van der Waals surface area contributed by atoms with E-state index in [0.717, 1.165) is 5.69 Å². The van der Waals surface area contributed by atoms with Crippen LogP contribution in [-0.4, -0.2) is 28.0 Å². The SMILES string of the molecule is CCNC(=O)C(C)NCc1cncn1C1CC1. The number of rotatable bonds is 6. The number of carbonyl (C=O) groups excluding carboxylic acids is 1. The lowest BCUT2D eigenvalue weighted by Gasteiger charge is -2.14. The van der Waals surface area contributed by atoms with E-state index in [1.807, 2.05) is 26.4 Å². The van der Waals surface area contributed by atoms with Crippen LogP contribution in [0.25, 0.3) is 0 Å². The van der Waals surface area contributed by atoms with Crippen molar-refractivity contribution < 1.29 is 4.79 Å². The molecule has 1 heterocycles. The molecule has 1 amide bonds. The molecule has 17 heavy (non-hydrogen) atoms. The highest BCUT2D eigenvalue weighted by molar-refractivity contribution is 5.81. The highest BCUT2D eigenvalue weighted by atomic mass is 16.2. The van der Waals surface area contributed by atoms with Crippen molar-refractivity contribution in [3.8, 4) is 0 Å². The van der Waals surface area contributed by atoms with Crippen molar-refractivity contribution >= 4 is 5.91 Å². The zero-order valence-corrected chi connectivity index (χ0v) is 10.4. The van der Waals surface area contributed by atoms with Gasteiger partial charge in [0.2, 0.25) is 5.91 Å². The van der Waals surface area contributed by atoms with Gasteiger partial charge in [-0.2, -0.15) is 0 Å². The van der Waals surface area contributed by atoms with E-state index in [9.17, 15) is 4.79 Å². The smallest absolute Gasteiger partial charge is 0.236 e. The van der Waals surface area contributed by atoms with Crippen LogP contribution in [0, 0.1) is 0 Å². The van der Waals surface area contributed by atoms with Gasteiger partial charge >= 0.3 is 0 Å². The van der Waals surface area contributed by atoms with Crippen molar-refractivity contribution in [1.29, 1.82) is 0 Å². The first kappa shape index (κ1) is 12.1. The molecule has 0 saturated heterocycles. The number of nitrogens with one attached hydrogen (secondary N) is 2. The van der Waals surface area contributed by atoms with Gasteiger partial charge in [-0.05, 0) is 26.7 Å². The van der Waals surface area contributed by atoms with E-state index < -0.39 is 0 Å². The topological polar surface area (TPSA) is 59.0 Å². The fourth-order valence-corrected chi connectivity index (χ4v) is 1.83. The lowest BCUT2D eigenvalue weighted by molar-refractivity contribution is -0.122. The lowest BCUT2D eigenvalue weighted by atomic mass is 10.3. The van der Waals surface area contributed by atoms with Gasteiger partial charge in [-0.3, -0.25) is 4.79 Å². The Labute approximate surface area is 102 Å². The second-order valence-corrected chi connectivity index (χ2v) is 4.52. The minimum absolute atomic E-state index is 0.0463. The Hall–Kier alpha value is -1.36. The molecule has 0 radical (unpaired) electrons. The summed E-state index contributed by atoms with van der Waals surface area (Å²) in [6.07, 6.45) is 6.24. The average Bonchev–Trinajstić information content (AvgIpc) is 3.06. The van der Waals surface area contributed by atoms with E-state index >= 15 is 0 Å². The average molecular weight is 236 g/mol. The number of nitrogens with zero attached hydrogens (tertiary/aromatic N) is 2. The molecule has 1 aliphatic rings. The van der Waals surface area contributed by atoms with Crippen LogP contribution >= 0.6 is 0 Å². The molecule has 1 saturated carbocycles. The molecule has 0 aromatic carbocycles. The monoisotopic (exact) mass is 236 g/mol. The first-order chi connectivity index (χ1) is 8.22. The first-order valence-electron chi connectivity index (χ1n) is 6.24. The van der Waals surface area contributed by atoms with Crippen molar-refractivity contribution in [3.05, 3.63) is 18.2 Å². The van der Waals surface area contributed by atoms with Gasteiger partial charge in [-0.1, -0.05) is 0 Å². The quantitative estimate of drug-likeness (QED) is 0.769. The Morgan fingerprint density at radius 3 is 3.06 bits per heavy atom. The third kappa shape index (κ3) is 3.06. The van der Waals surface area contributed by atoms with Crippen molar-refractivity contribution in [2.45, 2.75) is 45.3 Å². The number of carbonyl (C=O) groups is 1. The van der Waals surface area contributed by atoms with Gasteiger partial charge in [0.1, 0.15) is 0 Å². The summed E-state index contributed by atoms with van der Waals surface area (Å²) in [7, 11) is 0. The molecule has 1 fully saturated rings. The number of imidazole rings is 1. The Morgan fingerprint density at radius 2 is 2.41 bits per heavy atom. The second-order valence-electron chi connectivity index (χ2n) is 4.52. The lowest BCUT2D eigenvalue weighted by Crippen LogP contribution is -2.41. The largest absolute Gasteiger partial charge is 0.355 e. The van der Waals surface area contributed by atoms with Crippen LogP contribution in [0.3, 0.4) is 0 Å². The summed E-state index contributed by atoms with van der Waals surface area (Å²) in [5.74, 6) is 0.0463. The van der Waals surface area contributed by atoms with Crippen LogP contribution in [0.15, 0.2) is 12.5 Å². The fraction of sp³-hybridized carbons (Fsp3) is 0.667. The number of aromatic nitrogens is 2. The molecule has 0 aliphatic heterocycles. The first-order valence-corrected chi connectivity index (χ1v) is 6.24. The standard InChI is InChI=1S/C12H20N4O/c1-3-14-12(17)9(2)15-7-11-6-13-8-16(11)10-4-5-10/h6,8-10,15H,3-5,7H2,1-2H3,(H,14,17). The van der Waals surface area contributed by atoms with Gasteiger partial charge in [0.25, 0.3) is 0 Å². The van der Waals surface area contributed by atoms with E-state index in [2.05, 4.69) is 20.2 Å². The zero-order valence-electron chi connectivity index (χ0n) is 10.4. The highest BCUT2D eigenvalue weighted by Gasteiger charge is 2.25. The number of hydrogen-bond acceptors (Lipinski definition) is 3. The van der Waals surface area contributed by atoms with Crippen molar-refractivity contribution in [3.63, 3.8) is 0 Å². The van der Waals surface area contributed by atoms with Gasteiger partial charge in [0.05, 0.1) is 18.1 Å². The Bertz CT molecular complexity index is 384. The normalized spacial score (nSPS) is 16.8. The Kier molecular flexibility index (Phi) is 3.78. The molecule has 94 valence electrons. The van der Waals surface area contributed by atoms with Crippen LogP contribution < -0.4 is 10.6 Å². The van der Waals surface area contributed by atoms with Crippen molar-refractivity contribution in [2.75, 3.05) is 6.54 Å². The summed E-state index contributed by atoms with van der Waals surface area (Å²) in [4.78, 5) is 15.7. The maximum absolute atomic E-state index is 11.5. The second kappa shape index (κ2) is 5.31. The molecular weight excluding hydrogens is 216 g/mol. The maximum atomic E-state index is 11.5. The van der Waals surface area contributed by atoms with Crippen LogP contribution in [0.4, 0.5) is 0 Å². The fourth-order valence-electron chi connectivity index (χ4n) is 1.83. The summed E-state index contributed by atoms with van der Waals surface area (Å²) in [5, 5.41) is 6.02. The number of amides is 1. The van der Waals surface area contributed by atoms with Gasteiger partial charge in [0, 0.05) is 25.3 Å². The molecule has 2 N–H and O–H groups in total. The van der Waals surface area contributed by atoms with Crippen molar-refractivity contribution in [1.82, 2.24) is 20.2 Å². The molecule has 2 rings (SSSR count). The van der Waals surface area contributed by atoms with Gasteiger partial charge in [-0.15, -0.1) is 0 Å².